The number of carbonyl (C=O) groups excluding carboxylic acids is 1. The van der Waals surface area contributed by atoms with Gasteiger partial charge in [-0.3, -0.25) is 0 Å². The van der Waals surface area contributed by atoms with Crippen molar-refractivity contribution in [3.05, 3.63) is 0 Å². The van der Waals surface area contributed by atoms with Crippen LogP contribution in [-0.4, -0.2) is 69.4 Å². The minimum Gasteiger partial charge on any atom is -0.430 e. The van der Waals surface area contributed by atoms with E-state index in [0.29, 0.717) is 13.1 Å². The molecule has 0 N–H and O–H groups in total. The first-order chi connectivity index (χ1) is 7.31. The van der Waals surface area contributed by atoms with Gasteiger partial charge in [0, 0.05) is 13.1 Å². The summed E-state index contributed by atoms with van der Waals surface area (Å²) in [6.07, 6.45) is -0.910. The molecule has 0 heterocycles. The lowest BCUT2D eigenvalue weighted by Gasteiger charge is -2.20. The Balaban J connectivity index is 3.80. The molecular weight excluding hydrogens is 208 g/mol. The summed E-state index contributed by atoms with van der Waals surface area (Å²) in [5.74, 6) is 0. The first-order valence-electron chi connectivity index (χ1n) is 5.48. The zero-order valence-corrected chi connectivity index (χ0v) is 11.2. The second kappa shape index (κ2) is 7.46. The molecule has 2 unspecified atom stereocenters. The number of likely N-dealkylation sites (N-methyl/N-ethyl adjacent to an activating group) is 2. The average Bonchev–Trinajstić information content (AvgIpc) is 1.97. The minimum absolute atomic E-state index is 0.158. The van der Waals surface area contributed by atoms with Crippen LogP contribution in [0.15, 0.2) is 0 Å². The van der Waals surface area contributed by atoms with Crippen LogP contribution in [0.25, 0.3) is 0 Å². The van der Waals surface area contributed by atoms with E-state index < -0.39 is 6.16 Å². The maximum Gasteiger partial charge on any atom is 0.508 e. The molecule has 0 fully saturated rings. The van der Waals surface area contributed by atoms with E-state index in [4.69, 9.17) is 9.47 Å². The molecule has 2 atom stereocenters. The van der Waals surface area contributed by atoms with Crippen LogP contribution in [-0.2, 0) is 9.47 Å². The van der Waals surface area contributed by atoms with Gasteiger partial charge in [-0.05, 0) is 42.0 Å². The maximum absolute atomic E-state index is 11.3. The topological polar surface area (TPSA) is 42.0 Å². The smallest absolute Gasteiger partial charge is 0.430 e. The predicted molar refractivity (Wildman–Crippen MR) is 63.6 cm³/mol. The van der Waals surface area contributed by atoms with Crippen molar-refractivity contribution >= 4 is 6.16 Å². The molecule has 0 aromatic heterocycles. The zero-order valence-electron chi connectivity index (χ0n) is 11.2. The van der Waals surface area contributed by atoms with Gasteiger partial charge in [0.1, 0.15) is 12.2 Å². The van der Waals surface area contributed by atoms with Crippen LogP contribution in [0.4, 0.5) is 4.79 Å². The van der Waals surface area contributed by atoms with Gasteiger partial charge in [0.25, 0.3) is 0 Å². The molecule has 0 amide bonds. The van der Waals surface area contributed by atoms with Crippen LogP contribution in [0.2, 0.25) is 0 Å². The Morgan fingerprint density at radius 2 is 1.25 bits per heavy atom. The molecule has 0 aliphatic heterocycles. The molecule has 0 saturated carbocycles. The van der Waals surface area contributed by atoms with Crippen molar-refractivity contribution in [2.24, 2.45) is 0 Å². The van der Waals surface area contributed by atoms with Crippen molar-refractivity contribution in [3.63, 3.8) is 0 Å². The fourth-order valence-corrected chi connectivity index (χ4v) is 1.46. The largest absolute Gasteiger partial charge is 0.508 e. The van der Waals surface area contributed by atoms with E-state index in [-0.39, 0.29) is 12.2 Å². The van der Waals surface area contributed by atoms with Gasteiger partial charge < -0.3 is 19.3 Å². The van der Waals surface area contributed by atoms with Gasteiger partial charge >= 0.3 is 6.16 Å². The first kappa shape index (κ1) is 15.2. The van der Waals surface area contributed by atoms with Crippen LogP contribution in [0.5, 0.6) is 0 Å². The lowest BCUT2D eigenvalue weighted by atomic mass is 10.4. The Labute approximate surface area is 98.3 Å². The molecule has 0 aliphatic carbocycles. The highest BCUT2D eigenvalue weighted by Crippen LogP contribution is 2.00. The quantitative estimate of drug-likeness (QED) is 0.640. The summed E-state index contributed by atoms with van der Waals surface area (Å²) < 4.78 is 10.2. The molecule has 0 spiro atoms. The van der Waals surface area contributed by atoms with E-state index in [0.717, 1.165) is 0 Å². The van der Waals surface area contributed by atoms with Gasteiger partial charge in [0.05, 0.1) is 0 Å². The maximum atomic E-state index is 11.3. The van der Waals surface area contributed by atoms with Crippen molar-refractivity contribution in [3.8, 4) is 0 Å². The highest BCUT2D eigenvalue weighted by Gasteiger charge is 2.15. The first-order valence-corrected chi connectivity index (χ1v) is 5.48. The number of hydrogen-bond donors (Lipinski definition) is 0. The predicted octanol–water partition coefficient (Wildman–Crippen LogP) is 1.04. The molecule has 16 heavy (non-hydrogen) atoms. The molecule has 0 bridgehead atoms. The normalized spacial score (nSPS) is 15.0. The van der Waals surface area contributed by atoms with Gasteiger partial charge in [-0.2, -0.15) is 0 Å². The molecule has 0 rings (SSSR count). The highest BCUT2D eigenvalue weighted by atomic mass is 16.7. The molecule has 0 saturated heterocycles. The van der Waals surface area contributed by atoms with Gasteiger partial charge in [0.15, 0.2) is 0 Å². The molecule has 0 aromatic carbocycles. The van der Waals surface area contributed by atoms with E-state index in [2.05, 4.69) is 0 Å². The van der Waals surface area contributed by atoms with Gasteiger partial charge in [-0.1, -0.05) is 0 Å². The van der Waals surface area contributed by atoms with Crippen molar-refractivity contribution < 1.29 is 14.3 Å². The number of ether oxygens (including phenoxy) is 2. The highest BCUT2D eigenvalue weighted by molar-refractivity contribution is 5.60. The molecule has 96 valence electrons. The van der Waals surface area contributed by atoms with Crippen molar-refractivity contribution in [1.82, 2.24) is 9.80 Å². The zero-order chi connectivity index (χ0) is 12.7. The molecule has 0 aliphatic rings. The number of rotatable bonds is 6. The standard InChI is InChI=1S/C11H24N2O3/c1-9(7-12(3)4)15-11(14)16-10(2)8-13(5)6/h9-10H,7-8H2,1-6H3. The van der Waals surface area contributed by atoms with Crippen LogP contribution in [0, 0.1) is 0 Å². The third-order valence-electron chi connectivity index (χ3n) is 1.84. The third kappa shape index (κ3) is 8.49. The summed E-state index contributed by atoms with van der Waals surface area (Å²) in [7, 11) is 7.72. The summed E-state index contributed by atoms with van der Waals surface area (Å²) in [5, 5.41) is 0. The van der Waals surface area contributed by atoms with E-state index >= 15 is 0 Å². The fraction of sp³-hybridized carbons (Fsp3) is 0.909. The van der Waals surface area contributed by atoms with E-state index in [9.17, 15) is 4.79 Å². The van der Waals surface area contributed by atoms with Gasteiger partial charge in [-0.25, -0.2) is 4.79 Å². The van der Waals surface area contributed by atoms with Crippen LogP contribution in [0.3, 0.4) is 0 Å². The molecular formula is C11H24N2O3. The summed E-state index contributed by atoms with van der Waals surface area (Å²) in [6.45, 7) is 5.07. The minimum atomic E-state index is -0.594. The van der Waals surface area contributed by atoms with E-state index in [1.807, 2.05) is 51.8 Å². The molecule has 0 radical (unpaired) electrons. The average molecular weight is 232 g/mol. The van der Waals surface area contributed by atoms with Crippen LogP contribution < -0.4 is 0 Å². The second-order valence-corrected chi connectivity index (χ2v) is 4.63. The Kier molecular flexibility index (Phi) is 7.08. The molecule has 5 nitrogen and oxygen atoms in total. The monoisotopic (exact) mass is 232 g/mol. The summed E-state index contributed by atoms with van der Waals surface area (Å²) in [6, 6.07) is 0. The summed E-state index contributed by atoms with van der Waals surface area (Å²) >= 11 is 0. The van der Waals surface area contributed by atoms with Crippen LogP contribution in [0.1, 0.15) is 13.8 Å². The summed E-state index contributed by atoms with van der Waals surface area (Å²) in [4.78, 5) is 15.3. The lowest BCUT2D eigenvalue weighted by Crippen LogP contribution is -2.32. The second-order valence-electron chi connectivity index (χ2n) is 4.63. The molecule has 5 heteroatoms. The number of carbonyl (C=O) groups is 1. The Hall–Kier alpha value is -0.810. The Morgan fingerprint density at radius 3 is 1.50 bits per heavy atom. The third-order valence-corrected chi connectivity index (χ3v) is 1.84. The molecule has 0 aromatic rings. The van der Waals surface area contributed by atoms with Crippen LogP contribution >= 0.6 is 0 Å². The summed E-state index contributed by atoms with van der Waals surface area (Å²) in [5.41, 5.74) is 0. The SMILES string of the molecule is CC(CN(C)C)OC(=O)OC(C)CN(C)C. The van der Waals surface area contributed by atoms with Gasteiger partial charge in [0.2, 0.25) is 0 Å². The van der Waals surface area contributed by atoms with Crippen molar-refractivity contribution in [2.75, 3.05) is 41.3 Å². The van der Waals surface area contributed by atoms with E-state index in [1.165, 1.54) is 0 Å². The number of nitrogens with zero attached hydrogens (tertiary/aromatic N) is 2. The lowest BCUT2D eigenvalue weighted by molar-refractivity contribution is -0.00304. The van der Waals surface area contributed by atoms with E-state index in [1.54, 1.807) is 0 Å². The number of hydrogen-bond acceptors (Lipinski definition) is 5. The Morgan fingerprint density at radius 1 is 0.938 bits per heavy atom. The van der Waals surface area contributed by atoms with Crippen molar-refractivity contribution in [1.29, 1.82) is 0 Å². The van der Waals surface area contributed by atoms with Gasteiger partial charge in [-0.15, -0.1) is 0 Å². The Bertz CT molecular complexity index is 187. The fourth-order valence-electron chi connectivity index (χ4n) is 1.46. The van der Waals surface area contributed by atoms with Crippen molar-refractivity contribution in [2.45, 2.75) is 26.1 Å².